The van der Waals surface area contributed by atoms with Crippen LogP contribution in [0.3, 0.4) is 0 Å². The summed E-state index contributed by atoms with van der Waals surface area (Å²) in [5.74, 6) is 3.59. The highest BCUT2D eigenvalue weighted by molar-refractivity contribution is 5.66. The maximum atomic E-state index is 3.98. The van der Waals surface area contributed by atoms with E-state index in [4.69, 9.17) is 0 Å². The van der Waals surface area contributed by atoms with E-state index >= 15 is 0 Å². The van der Waals surface area contributed by atoms with Crippen LogP contribution in [0.1, 0.15) is 74.8 Å². The van der Waals surface area contributed by atoms with Crippen molar-refractivity contribution in [3.63, 3.8) is 0 Å². The topological polar surface area (TPSA) is 0 Å². The van der Waals surface area contributed by atoms with Gasteiger partial charge in [-0.1, -0.05) is 36.4 Å². The minimum Gasteiger partial charge on any atom is -0.103 e. The highest BCUT2D eigenvalue weighted by Gasteiger charge is 2.28. The fourth-order valence-corrected chi connectivity index (χ4v) is 4.78. The van der Waals surface area contributed by atoms with E-state index in [0.29, 0.717) is 0 Å². The third-order valence-corrected chi connectivity index (χ3v) is 6.60. The lowest BCUT2D eigenvalue weighted by Gasteiger charge is -2.34. The molecule has 2 fully saturated rings. The first-order valence-corrected chi connectivity index (χ1v) is 9.75. The molecule has 2 saturated carbocycles. The molecule has 0 aliphatic heterocycles. The Morgan fingerprint density at radius 2 is 1.57 bits per heavy atom. The second kappa shape index (κ2) is 6.67. The van der Waals surface area contributed by atoms with Gasteiger partial charge in [-0.25, -0.2) is 0 Å². The number of benzene rings is 1. The Hall–Kier alpha value is -1.30. The normalized spacial score (nSPS) is 31.5. The molecule has 1 aromatic rings. The van der Waals surface area contributed by atoms with Gasteiger partial charge in [0.2, 0.25) is 0 Å². The molecule has 3 aliphatic carbocycles. The number of hydrogen-bond donors (Lipinski definition) is 0. The molecule has 3 aliphatic rings. The van der Waals surface area contributed by atoms with Crippen LogP contribution in [0, 0.1) is 17.8 Å². The zero-order chi connectivity index (χ0) is 15.6. The van der Waals surface area contributed by atoms with Gasteiger partial charge in [0.1, 0.15) is 0 Å². The second-order valence-electron chi connectivity index (χ2n) is 8.07. The molecule has 0 saturated heterocycles. The molecule has 4 rings (SSSR count). The maximum absolute atomic E-state index is 3.98. The average molecular weight is 306 g/mol. The number of allylic oxidation sites excluding steroid dienone is 3. The SMILES string of the molecule is C=CC1CCC(C2CC=C(c3ccc(C4CC4)cc3)CC2)CC1. The van der Waals surface area contributed by atoms with Crippen LogP contribution in [-0.2, 0) is 0 Å². The van der Waals surface area contributed by atoms with E-state index in [1.807, 2.05) is 0 Å². The Balaban J connectivity index is 1.36. The molecule has 0 radical (unpaired) electrons. The molecule has 0 amide bonds. The predicted molar refractivity (Wildman–Crippen MR) is 99.4 cm³/mol. The number of rotatable bonds is 4. The molecule has 23 heavy (non-hydrogen) atoms. The maximum Gasteiger partial charge on any atom is -0.0162 e. The van der Waals surface area contributed by atoms with Crippen molar-refractivity contribution in [2.75, 3.05) is 0 Å². The average Bonchev–Trinajstić information content (AvgIpc) is 3.47. The highest BCUT2D eigenvalue weighted by atomic mass is 14.3. The van der Waals surface area contributed by atoms with E-state index in [1.54, 1.807) is 11.1 Å². The molecule has 0 aromatic heterocycles. The van der Waals surface area contributed by atoms with Crippen molar-refractivity contribution in [1.82, 2.24) is 0 Å². The Kier molecular flexibility index (Phi) is 4.42. The summed E-state index contributed by atoms with van der Waals surface area (Å²) in [5, 5.41) is 0. The molecule has 122 valence electrons. The van der Waals surface area contributed by atoms with Crippen LogP contribution >= 0.6 is 0 Å². The summed E-state index contributed by atoms with van der Waals surface area (Å²) in [7, 11) is 0. The summed E-state index contributed by atoms with van der Waals surface area (Å²) in [4.78, 5) is 0. The highest BCUT2D eigenvalue weighted by Crippen LogP contribution is 2.43. The van der Waals surface area contributed by atoms with Gasteiger partial charge in [0.05, 0.1) is 0 Å². The number of hydrogen-bond acceptors (Lipinski definition) is 0. The van der Waals surface area contributed by atoms with Crippen molar-refractivity contribution in [3.05, 3.63) is 54.1 Å². The molecule has 0 spiro atoms. The Morgan fingerprint density at radius 3 is 2.13 bits per heavy atom. The minimum atomic E-state index is 0.797. The molecule has 0 heterocycles. The molecule has 0 nitrogen and oxygen atoms in total. The molecule has 0 bridgehead atoms. The van der Waals surface area contributed by atoms with Gasteiger partial charge in [-0.2, -0.15) is 0 Å². The molecule has 1 aromatic carbocycles. The predicted octanol–water partition coefficient (Wildman–Crippen LogP) is 6.74. The lowest BCUT2D eigenvalue weighted by molar-refractivity contribution is 0.212. The summed E-state index contributed by atoms with van der Waals surface area (Å²) in [6, 6.07) is 9.48. The fourth-order valence-electron chi connectivity index (χ4n) is 4.78. The zero-order valence-corrected chi connectivity index (χ0v) is 14.3. The van der Waals surface area contributed by atoms with E-state index in [9.17, 15) is 0 Å². The van der Waals surface area contributed by atoms with Crippen molar-refractivity contribution in [3.8, 4) is 0 Å². The summed E-state index contributed by atoms with van der Waals surface area (Å²) in [6.07, 6.45) is 17.2. The smallest absolute Gasteiger partial charge is 0.0162 e. The Labute approximate surface area is 141 Å². The molecule has 1 unspecified atom stereocenters. The zero-order valence-electron chi connectivity index (χ0n) is 14.3. The van der Waals surface area contributed by atoms with Crippen LogP contribution < -0.4 is 0 Å². The molecular formula is C23H30. The molecule has 0 heteroatoms. The van der Waals surface area contributed by atoms with Crippen LogP contribution in [0.4, 0.5) is 0 Å². The van der Waals surface area contributed by atoms with E-state index in [1.165, 1.54) is 63.4 Å². The lowest BCUT2D eigenvalue weighted by Crippen LogP contribution is -2.22. The van der Waals surface area contributed by atoms with Crippen molar-refractivity contribution >= 4 is 5.57 Å². The van der Waals surface area contributed by atoms with Gasteiger partial charge in [0.25, 0.3) is 0 Å². The van der Waals surface area contributed by atoms with E-state index < -0.39 is 0 Å². The van der Waals surface area contributed by atoms with Gasteiger partial charge in [-0.15, -0.1) is 6.58 Å². The van der Waals surface area contributed by atoms with Gasteiger partial charge in [0, 0.05) is 0 Å². The molecule has 1 atom stereocenters. The van der Waals surface area contributed by atoms with Crippen LogP contribution in [0.2, 0.25) is 0 Å². The van der Waals surface area contributed by atoms with Gasteiger partial charge in [-0.3, -0.25) is 0 Å². The largest absolute Gasteiger partial charge is 0.103 e. The van der Waals surface area contributed by atoms with Crippen molar-refractivity contribution in [2.24, 2.45) is 17.8 Å². The quantitative estimate of drug-likeness (QED) is 0.540. The van der Waals surface area contributed by atoms with Gasteiger partial charge in [-0.05, 0) is 98.2 Å². The van der Waals surface area contributed by atoms with Crippen molar-refractivity contribution in [2.45, 2.75) is 63.7 Å². The van der Waals surface area contributed by atoms with E-state index in [2.05, 4.69) is 43.0 Å². The third kappa shape index (κ3) is 3.47. The first kappa shape index (κ1) is 15.2. The standard InChI is InChI=1S/C23H30/c1-2-17-3-5-18(6-4-17)19-7-9-20(10-8-19)21-11-13-22(14-12-21)23-15-16-23/h2,9,11-14,17-19,23H,1,3-8,10,15-16H2. The van der Waals surface area contributed by atoms with Crippen LogP contribution in [0.25, 0.3) is 5.57 Å². The van der Waals surface area contributed by atoms with Crippen LogP contribution in [-0.4, -0.2) is 0 Å². The van der Waals surface area contributed by atoms with Gasteiger partial charge >= 0.3 is 0 Å². The third-order valence-electron chi connectivity index (χ3n) is 6.60. The Morgan fingerprint density at radius 1 is 0.826 bits per heavy atom. The van der Waals surface area contributed by atoms with Crippen molar-refractivity contribution < 1.29 is 0 Å². The van der Waals surface area contributed by atoms with Gasteiger partial charge < -0.3 is 0 Å². The van der Waals surface area contributed by atoms with E-state index in [0.717, 1.165) is 23.7 Å². The van der Waals surface area contributed by atoms with Gasteiger partial charge in [0.15, 0.2) is 0 Å². The van der Waals surface area contributed by atoms with Crippen molar-refractivity contribution in [1.29, 1.82) is 0 Å². The first-order chi connectivity index (χ1) is 11.3. The first-order valence-electron chi connectivity index (χ1n) is 9.75. The summed E-state index contributed by atoms with van der Waals surface area (Å²) in [5.41, 5.74) is 4.63. The fraction of sp³-hybridized carbons (Fsp3) is 0.565. The lowest BCUT2D eigenvalue weighted by atomic mass is 9.71. The minimum absolute atomic E-state index is 0.797. The van der Waals surface area contributed by atoms with Crippen LogP contribution in [0.5, 0.6) is 0 Å². The summed E-state index contributed by atoms with van der Waals surface area (Å²) >= 11 is 0. The molecule has 0 N–H and O–H groups in total. The Bertz CT molecular complexity index is 565. The summed E-state index contributed by atoms with van der Waals surface area (Å²) < 4.78 is 0. The van der Waals surface area contributed by atoms with Crippen LogP contribution in [0.15, 0.2) is 43.0 Å². The molecular weight excluding hydrogens is 276 g/mol. The second-order valence-corrected chi connectivity index (χ2v) is 8.07. The monoisotopic (exact) mass is 306 g/mol. The summed E-state index contributed by atoms with van der Waals surface area (Å²) in [6.45, 7) is 3.98. The van der Waals surface area contributed by atoms with E-state index in [-0.39, 0.29) is 0 Å².